The fourth-order valence-electron chi connectivity index (χ4n) is 2.45. The molecule has 0 unspecified atom stereocenters. The summed E-state index contributed by atoms with van der Waals surface area (Å²) in [6, 6.07) is 6.92. The van der Waals surface area contributed by atoms with Gasteiger partial charge in [-0.2, -0.15) is 0 Å². The van der Waals surface area contributed by atoms with Crippen molar-refractivity contribution in [3.63, 3.8) is 0 Å². The van der Waals surface area contributed by atoms with Crippen LogP contribution < -0.4 is 10.2 Å². The van der Waals surface area contributed by atoms with Gasteiger partial charge in [-0.15, -0.1) is 0 Å². The predicted molar refractivity (Wildman–Crippen MR) is 102 cm³/mol. The summed E-state index contributed by atoms with van der Waals surface area (Å²) in [4.78, 5) is 16.0. The fraction of sp³-hybridized carbons (Fsp3) is 0.316. The summed E-state index contributed by atoms with van der Waals surface area (Å²) in [5.41, 5.74) is 3.97. The van der Waals surface area contributed by atoms with E-state index in [1.165, 1.54) is 7.11 Å². The molecule has 1 aromatic carbocycles. The number of carbonyl (C=O) groups is 1. The Morgan fingerprint density at radius 2 is 2.07 bits per heavy atom. The number of halogens is 1. The molecule has 0 saturated heterocycles. The molecule has 0 bridgehead atoms. The third-order valence-electron chi connectivity index (χ3n) is 4.07. The van der Waals surface area contributed by atoms with E-state index in [0.29, 0.717) is 16.5 Å². The summed E-state index contributed by atoms with van der Waals surface area (Å²) >= 11 is 6.20. The zero-order valence-electron chi connectivity index (χ0n) is 15.6. The lowest BCUT2D eigenvalue weighted by molar-refractivity contribution is -0.152. The Kier molecular flexibility index (Phi) is 6.41. The number of hydrogen-bond donors (Lipinski definition) is 3. The quantitative estimate of drug-likeness (QED) is 0.301. The summed E-state index contributed by atoms with van der Waals surface area (Å²) < 4.78 is 10.4. The second-order valence-electron chi connectivity index (χ2n) is 6.68. The highest BCUT2D eigenvalue weighted by atomic mass is 35.5. The lowest BCUT2D eigenvalue weighted by atomic mass is 9.95. The van der Waals surface area contributed by atoms with E-state index in [4.69, 9.17) is 31.7 Å². The number of esters is 1. The van der Waals surface area contributed by atoms with Crippen LogP contribution in [0, 0.1) is 17.7 Å². The minimum atomic E-state index is -0.780. The van der Waals surface area contributed by atoms with Gasteiger partial charge in [-0.1, -0.05) is 17.7 Å². The molecule has 0 radical (unpaired) electrons. The molecule has 2 aromatic rings. The Balaban J connectivity index is 2.21. The molecule has 1 heterocycles. The number of nitrogens with zero attached hydrogens (tertiary/aromatic N) is 1. The maximum Gasteiger partial charge on any atom is 0.314 e. The topological polar surface area (TPSA) is 105 Å². The van der Waals surface area contributed by atoms with Crippen molar-refractivity contribution in [3.05, 3.63) is 46.6 Å². The number of aromatic nitrogens is 1. The molecule has 0 spiro atoms. The number of methoxy groups -OCH3 is 1. The lowest BCUT2D eigenvalue weighted by Crippen LogP contribution is -2.32. The number of nitrogens with one attached hydrogen (secondary N) is 2. The summed E-state index contributed by atoms with van der Waals surface area (Å²) in [6.07, 6.45) is 1.66. The molecule has 0 aliphatic rings. The zero-order chi connectivity index (χ0) is 20.2. The molecule has 0 aliphatic carbocycles. The Labute approximate surface area is 162 Å². The molecule has 1 aromatic heterocycles. The summed E-state index contributed by atoms with van der Waals surface area (Å²) in [5.74, 6) is -0.130. The maximum atomic E-state index is 11.7. The van der Waals surface area contributed by atoms with Gasteiger partial charge in [0.2, 0.25) is 5.88 Å². The van der Waals surface area contributed by atoms with Crippen LogP contribution in [0.15, 0.2) is 30.5 Å². The molecular weight excluding hydrogens is 370 g/mol. The van der Waals surface area contributed by atoms with E-state index in [2.05, 4.69) is 4.98 Å². The van der Waals surface area contributed by atoms with Crippen molar-refractivity contribution in [3.8, 4) is 17.0 Å². The van der Waals surface area contributed by atoms with Crippen LogP contribution >= 0.6 is 11.6 Å². The van der Waals surface area contributed by atoms with Gasteiger partial charge < -0.3 is 9.47 Å². The van der Waals surface area contributed by atoms with Crippen molar-refractivity contribution in [2.24, 2.45) is 5.41 Å². The Morgan fingerprint density at radius 1 is 1.37 bits per heavy atom. The van der Waals surface area contributed by atoms with E-state index < -0.39 is 5.41 Å². The first kappa shape index (κ1) is 20.7. The van der Waals surface area contributed by atoms with Gasteiger partial charge in [0.1, 0.15) is 6.61 Å². The van der Waals surface area contributed by atoms with Crippen LogP contribution in [-0.2, 0) is 9.53 Å². The van der Waals surface area contributed by atoms with Crippen LogP contribution in [0.2, 0.25) is 5.02 Å². The molecule has 0 fully saturated rings. The first-order chi connectivity index (χ1) is 12.7. The molecule has 0 atom stereocenters. The molecule has 3 N–H and O–H groups in total. The van der Waals surface area contributed by atoms with E-state index in [9.17, 15) is 4.79 Å². The van der Waals surface area contributed by atoms with Crippen molar-refractivity contribution >= 4 is 23.4 Å². The number of hydroxylamine groups is 1. The van der Waals surface area contributed by atoms with Crippen LogP contribution in [0.1, 0.15) is 25.0 Å². The van der Waals surface area contributed by atoms with Crippen LogP contribution in [0.5, 0.6) is 5.88 Å². The van der Waals surface area contributed by atoms with E-state index in [0.717, 1.165) is 16.7 Å². The summed E-state index contributed by atoms with van der Waals surface area (Å²) in [7, 11) is 1.34. The molecule has 144 valence electrons. The number of rotatable bonds is 6. The second kappa shape index (κ2) is 8.37. The molecule has 2 rings (SSSR count). The van der Waals surface area contributed by atoms with Crippen molar-refractivity contribution in [1.29, 1.82) is 5.41 Å². The molecule has 0 saturated carbocycles. The number of pyridine rings is 1. The van der Waals surface area contributed by atoms with Crippen molar-refractivity contribution in [2.75, 3.05) is 13.7 Å². The first-order valence-corrected chi connectivity index (χ1v) is 8.54. The Morgan fingerprint density at radius 3 is 2.63 bits per heavy atom. The Bertz CT molecular complexity index is 868. The standard InChI is InChI=1S/C19H22ClN3O4/c1-11-7-16(27-10-19(2,3)18(24)26-4)22-9-14(11)12-5-6-13(15(20)8-12)17(21)23-25/h5-9,25H,10H2,1-4H3,(H2,21,23). The van der Waals surface area contributed by atoms with Crippen LogP contribution in [0.4, 0.5) is 0 Å². The zero-order valence-corrected chi connectivity index (χ0v) is 16.3. The molecule has 8 heteroatoms. The Hall–Kier alpha value is -2.64. The molecule has 0 aliphatic heterocycles. The number of amidine groups is 1. The average molecular weight is 392 g/mol. The molecule has 7 nitrogen and oxygen atoms in total. The van der Waals surface area contributed by atoms with Gasteiger partial charge in [0.25, 0.3) is 0 Å². The summed E-state index contributed by atoms with van der Waals surface area (Å²) in [6.45, 7) is 5.53. The monoisotopic (exact) mass is 391 g/mol. The third kappa shape index (κ3) is 4.75. The normalized spacial score (nSPS) is 11.0. The van der Waals surface area contributed by atoms with Crippen LogP contribution in [0.25, 0.3) is 11.1 Å². The van der Waals surface area contributed by atoms with Crippen LogP contribution in [0.3, 0.4) is 0 Å². The van der Waals surface area contributed by atoms with Gasteiger partial charge in [-0.05, 0) is 44.0 Å². The van der Waals surface area contributed by atoms with E-state index >= 15 is 0 Å². The number of hydrogen-bond acceptors (Lipinski definition) is 6. The van der Waals surface area contributed by atoms with E-state index in [-0.39, 0.29) is 18.4 Å². The van der Waals surface area contributed by atoms with Crippen molar-refractivity contribution in [1.82, 2.24) is 10.5 Å². The number of aryl methyl sites for hydroxylation is 1. The van der Waals surface area contributed by atoms with Gasteiger partial charge in [0.05, 0.1) is 17.5 Å². The summed E-state index contributed by atoms with van der Waals surface area (Å²) in [5, 5.41) is 16.8. The second-order valence-corrected chi connectivity index (χ2v) is 7.09. The number of ether oxygens (including phenoxy) is 2. The molecular formula is C19H22ClN3O4. The molecule has 27 heavy (non-hydrogen) atoms. The number of benzene rings is 1. The first-order valence-electron chi connectivity index (χ1n) is 8.16. The van der Waals surface area contributed by atoms with E-state index in [1.807, 2.05) is 6.92 Å². The smallest absolute Gasteiger partial charge is 0.314 e. The fourth-order valence-corrected chi connectivity index (χ4v) is 2.72. The van der Waals surface area contributed by atoms with Gasteiger partial charge in [-0.25, -0.2) is 4.98 Å². The lowest BCUT2D eigenvalue weighted by Gasteiger charge is -2.21. The minimum Gasteiger partial charge on any atom is -0.476 e. The van der Waals surface area contributed by atoms with Gasteiger partial charge in [-0.3, -0.25) is 20.9 Å². The van der Waals surface area contributed by atoms with Crippen molar-refractivity contribution in [2.45, 2.75) is 20.8 Å². The minimum absolute atomic E-state index is 0.141. The third-order valence-corrected chi connectivity index (χ3v) is 4.38. The van der Waals surface area contributed by atoms with Gasteiger partial charge in [0.15, 0.2) is 5.84 Å². The van der Waals surface area contributed by atoms with Crippen molar-refractivity contribution < 1.29 is 19.5 Å². The van der Waals surface area contributed by atoms with Gasteiger partial charge in [0, 0.05) is 23.4 Å². The maximum absolute atomic E-state index is 11.7. The highest BCUT2D eigenvalue weighted by Crippen LogP contribution is 2.29. The van der Waals surface area contributed by atoms with E-state index in [1.54, 1.807) is 49.8 Å². The SMILES string of the molecule is COC(=O)C(C)(C)COc1cc(C)c(-c2ccc(C(=N)NO)c(Cl)c2)cn1. The average Bonchev–Trinajstić information content (AvgIpc) is 2.65. The van der Waals surface area contributed by atoms with Crippen LogP contribution in [-0.4, -0.2) is 35.7 Å². The highest BCUT2D eigenvalue weighted by molar-refractivity contribution is 6.34. The predicted octanol–water partition coefficient (Wildman–Crippen LogP) is 3.59. The molecule has 0 amide bonds. The van der Waals surface area contributed by atoms with Gasteiger partial charge >= 0.3 is 5.97 Å². The largest absolute Gasteiger partial charge is 0.476 e. The highest BCUT2D eigenvalue weighted by Gasteiger charge is 2.30. The number of carbonyl (C=O) groups excluding carboxylic acids is 1.